The molecule has 1 aromatic carbocycles. The van der Waals surface area contributed by atoms with Crippen LogP contribution in [0.3, 0.4) is 0 Å². The number of rotatable bonds is 15. The van der Waals surface area contributed by atoms with E-state index in [1.165, 1.54) is 0 Å². The van der Waals surface area contributed by atoms with Crippen molar-refractivity contribution in [1.82, 2.24) is 15.5 Å². The van der Waals surface area contributed by atoms with E-state index in [4.69, 9.17) is 14.7 Å². The Morgan fingerprint density at radius 1 is 1.02 bits per heavy atom. The fourth-order valence-corrected chi connectivity index (χ4v) is 3.80. The molecular weight excluding hydrogens is 528 g/mol. The SMILES string of the molecule is CCC(C)(C)OC(=O)C(C)NC(=O)[C@@H](NC(=O)CCCCCN1C(=O)C=C(Oc2ccc(C#N)cc2)C1=O)C(C)C. The minimum absolute atomic E-state index is 0.0891. The highest BCUT2D eigenvalue weighted by atomic mass is 16.6. The van der Waals surface area contributed by atoms with Crippen LogP contribution in [0, 0.1) is 17.2 Å². The van der Waals surface area contributed by atoms with Gasteiger partial charge in [0.1, 0.15) is 23.4 Å². The fraction of sp³-hybridized carbons (Fsp3) is 0.533. The minimum atomic E-state index is -0.869. The first-order valence-corrected chi connectivity index (χ1v) is 13.9. The van der Waals surface area contributed by atoms with Gasteiger partial charge < -0.3 is 20.1 Å². The van der Waals surface area contributed by atoms with E-state index in [-0.39, 0.29) is 30.5 Å². The third-order valence-electron chi connectivity index (χ3n) is 6.68. The maximum atomic E-state index is 12.8. The van der Waals surface area contributed by atoms with Crippen LogP contribution in [-0.2, 0) is 28.7 Å². The molecule has 1 aliphatic rings. The van der Waals surface area contributed by atoms with E-state index in [1.54, 1.807) is 58.9 Å². The average molecular weight is 569 g/mol. The van der Waals surface area contributed by atoms with Gasteiger partial charge in [0.15, 0.2) is 5.76 Å². The number of imide groups is 1. The molecule has 0 fully saturated rings. The molecule has 11 nitrogen and oxygen atoms in total. The van der Waals surface area contributed by atoms with Gasteiger partial charge in [-0.3, -0.25) is 24.1 Å². The first kappa shape index (κ1) is 33.0. The highest BCUT2D eigenvalue weighted by molar-refractivity contribution is 6.15. The van der Waals surface area contributed by atoms with Gasteiger partial charge in [-0.05, 0) is 70.2 Å². The van der Waals surface area contributed by atoms with Gasteiger partial charge >= 0.3 is 5.97 Å². The van der Waals surface area contributed by atoms with Crippen molar-refractivity contribution < 1.29 is 33.4 Å². The Kier molecular flexibility index (Phi) is 12.1. The third kappa shape index (κ3) is 10.0. The predicted octanol–water partition coefficient (Wildman–Crippen LogP) is 3.13. The highest BCUT2D eigenvalue weighted by Crippen LogP contribution is 2.21. The summed E-state index contributed by atoms with van der Waals surface area (Å²) >= 11 is 0. The Morgan fingerprint density at radius 2 is 1.68 bits per heavy atom. The number of ether oxygens (including phenoxy) is 2. The van der Waals surface area contributed by atoms with E-state index >= 15 is 0 Å². The molecule has 2 N–H and O–H groups in total. The smallest absolute Gasteiger partial charge is 0.328 e. The summed E-state index contributed by atoms with van der Waals surface area (Å²) in [4.78, 5) is 63.6. The summed E-state index contributed by atoms with van der Waals surface area (Å²) in [5.41, 5.74) is -0.197. The van der Waals surface area contributed by atoms with Crippen molar-refractivity contribution in [3.63, 3.8) is 0 Å². The quantitative estimate of drug-likeness (QED) is 0.186. The predicted molar refractivity (Wildman–Crippen MR) is 150 cm³/mol. The molecule has 0 radical (unpaired) electrons. The van der Waals surface area contributed by atoms with Crippen LogP contribution in [-0.4, -0.2) is 58.7 Å². The Bertz CT molecular complexity index is 1200. The number of amides is 4. The Hall–Kier alpha value is -4.20. The molecule has 1 unspecified atom stereocenters. The monoisotopic (exact) mass is 568 g/mol. The number of carbonyl (C=O) groups is 5. The molecule has 11 heteroatoms. The van der Waals surface area contributed by atoms with Gasteiger partial charge in [-0.15, -0.1) is 0 Å². The molecular formula is C30H40N4O7. The molecule has 0 saturated carbocycles. The molecule has 0 spiro atoms. The van der Waals surface area contributed by atoms with Gasteiger partial charge in [-0.1, -0.05) is 27.2 Å². The molecule has 4 amide bonds. The zero-order chi connectivity index (χ0) is 30.7. The maximum Gasteiger partial charge on any atom is 0.328 e. The molecule has 0 aliphatic carbocycles. The number of nitrogens with zero attached hydrogens (tertiary/aromatic N) is 2. The van der Waals surface area contributed by atoms with E-state index < -0.39 is 41.4 Å². The van der Waals surface area contributed by atoms with Crippen LogP contribution in [0.2, 0.25) is 0 Å². The van der Waals surface area contributed by atoms with Crippen LogP contribution in [0.5, 0.6) is 5.75 Å². The van der Waals surface area contributed by atoms with Gasteiger partial charge in [-0.25, -0.2) is 4.79 Å². The van der Waals surface area contributed by atoms with Crippen molar-refractivity contribution >= 4 is 29.6 Å². The Morgan fingerprint density at radius 3 is 2.27 bits per heavy atom. The first-order chi connectivity index (χ1) is 19.3. The molecule has 222 valence electrons. The van der Waals surface area contributed by atoms with Crippen molar-refractivity contribution in [2.75, 3.05) is 6.54 Å². The topological polar surface area (TPSA) is 155 Å². The summed E-state index contributed by atoms with van der Waals surface area (Å²) in [6, 6.07) is 6.48. The summed E-state index contributed by atoms with van der Waals surface area (Å²) in [6.45, 7) is 10.8. The summed E-state index contributed by atoms with van der Waals surface area (Å²) in [5, 5.41) is 14.2. The second-order valence-electron chi connectivity index (χ2n) is 10.9. The average Bonchev–Trinajstić information content (AvgIpc) is 3.18. The van der Waals surface area contributed by atoms with E-state index in [1.807, 2.05) is 13.0 Å². The molecule has 0 aromatic heterocycles. The normalized spacial score (nSPS) is 14.7. The molecule has 2 rings (SSSR count). The summed E-state index contributed by atoms with van der Waals surface area (Å²) in [6.07, 6.45) is 3.48. The van der Waals surface area contributed by atoms with E-state index in [2.05, 4.69) is 10.6 Å². The van der Waals surface area contributed by atoms with Crippen molar-refractivity contribution in [2.45, 2.75) is 91.3 Å². The van der Waals surface area contributed by atoms with Crippen molar-refractivity contribution in [3.8, 4) is 11.8 Å². The van der Waals surface area contributed by atoms with Gasteiger partial charge in [0, 0.05) is 13.0 Å². The highest BCUT2D eigenvalue weighted by Gasteiger charge is 2.33. The number of esters is 1. The molecule has 0 bridgehead atoms. The number of carbonyl (C=O) groups excluding carboxylic acids is 5. The second kappa shape index (κ2) is 15.0. The summed E-state index contributed by atoms with van der Waals surface area (Å²) < 4.78 is 10.9. The number of unbranched alkanes of at least 4 members (excludes halogenated alkanes) is 2. The van der Waals surface area contributed by atoms with Crippen LogP contribution < -0.4 is 15.4 Å². The number of nitriles is 1. The first-order valence-electron chi connectivity index (χ1n) is 13.9. The fourth-order valence-electron chi connectivity index (χ4n) is 3.80. The molecule has 1 aliphatic heterocycles. The standard InChI is InChI=1S/C30H40N4O7/c1-7-30(5,6)41-29(39)20(4)32-27(37)26(19(2)3)33-24(35)11-9-8-10-16-34-25(36)17-23(28(34)38)40-22-14-12-21(18-31)13-15-22/h12-15,17,19-20,26H,7-11,16H2,1-6H3,(H,32,37)(H,33,35)/t20?,26-/m0/s1. The summed E-state index contributed by atoms with van der Waals surface area (Å²) in [7, 11) is 0. The van der Waals surface area contributed by atoms with Gasteiger partial charge in [0.05, 0.1) is 17.7 Å². The number of hydrogen-bond donors (Lipinski definition) is 2. The van der Waals surface area contributed by atoms with Crippen LogP contribution in [0.25, 0.3) is 0 Å². The van der Waals surface area contributed by atoms with Crippen LogP contribution in [0.4, 0.5) is 0 Å². The molecule has 2 atom stereocenters. The minimum Gasteiger partial charge on any atom is -0.458 e. The largest absolute Gasteiger partial charge is 0.458 e. The van der Waals surface area contributed by atoms with Gasteiger partial charge in [0.2, 0.25) is 11.8 Å². The third-order valence-corrected chi connectivity index (χ3v) is 6.68. The zero-order valence-electron chi connectivity index (χ0n) is 24.6. The second-order valence-corrected chi connectivity index (χ2v) is 10.9. The molecule has 1 heterocycles. The number of hydrogen-bond acceptors (Lipinski definition) is 8. The number of nitrogens with one attached hydrogen (secondary N) is 2. The lowest BCUT2D eigenvalue weighted by atomic mass is 10.0. The molecule has 1 aromatic rings. The maximum absolute atomic E-state index is 12.8. The molecule has 41 heavy (non-hydrogen) atoms. The van der Waals surface area contributed by atoms with Gasteiger partial charge in [-0.2, -0.15) is 5.26 Å². The lowest BCUT2D eigenvalue weighted by Gasteiger charge is -2.27. The van der Waals surface area contributed by atoms with Crippen molar-refractivity contribution in [3.05, 3.63) is 41.7 Å². The number of benzene rings is 1. The van der Waals surface area contributed by atoms with Crippen molar-refractivity contribution in [1.29, 1.82) is 5.26 Å². The lowest BCUT2D eigenvalue weighted by Crippen LogP contribution is -2.53. The summed E-state index contributed by atoms with van der Waals surface area (Å²) in [5.74, 6) is -2.30. The zero-order valence-corrected chi connectivity index (χ0v) is 24.6. The lowest BCUT2D eigenvalue weighted by molar-refractivity contribution is -0.160. The van der Waals surface area contributed by atoms with E-state index in [0.717, 1.165) is 11.0 Å². The Balaban J connectivity index is 1.75. The van der Waals surface area contributed by atoms with E-state index in [9.17, 15) is 24.0 Å². The van der Waals surface area contributed by atoms with Crippen LogP contribution in [0.15, 0.2) is 36.1 Å². The van der Waals surface area contributed by atoms with Gasteiger partial charge in [0.25, 0.3) is 11.8 Å². The Labute approximate surface area is 241 Å². The van der Waals surface area contributed by atoms with Crippen molar-refractivity contribution in [2.24, 2.45) is 5.92 Å². The van der Waals surface area contributed by atoms with Crippen LogP contribution >= 0.6 is 0 Å². The molecule has 0 saturated heterocycles. The van der Waals surface area contributed by atoms with E-state index in [0.29, 0.717) is 37.0 Å². The van der Waals surface area contributed by atoms with Crippen LogP contribution in [0.1, 0.15) is 79.2 Å².